The number of rotatable bonds is 6. The molecule has 7 nitrogen and oxygen atoms in total. The van der Waals surface area contributed by atoms with E-state index in [0.29, 0.717) is 11.5 Å². The summed E-state index contributed by atoms with van der Waals surface area (Å²) in [5, 5.41) is 14.4. The highest BCUT2D eigenvalue weighted by Crippen LogP contribution is 2.15. The summed E-state index contributed by atoms with van der Waals surface area (Å²) in [6.07, 6.45) is 0. The average Bonchev–Trinajstić information content (AvgIpc) is 2.51. The molecular weight excluding hydrogens is 328 g/mol. The highest BCUT2D eigenvalue weighted by Gasteiger charge is 2.18. The lowest BCUT2D eigenvalue weighted by Gasteiger charge is -2.12. The normalized spacial score (nSPS) is 11.6. The Hall–Kier alpha value is -2.61. The number of carboxylic acid groups (broad SMARTS) is 1. The minimum Gasteiger partial charge on any atom is -0.480 e. The van der Waals surface area contributed by atoms with Gasteiger partial charge in [-0.25, -0.2) is 14.8 Å². The van der Waals surface area contributed by atoms with Crippen LogP contribution >= 0.6 is 12.6 Å². The first-order valence-corrected chi connectivity index (χ1v) is 7.86. The third-order valence-electron chi connectivity index (χ3n) is 3.17. The van der Waals surface area contributed by atoms with E-state index in [2.05, 4.69) is 33.2 Å². The fourth-order valence-electron chi connectivity index (χ4n) is 2.04. The zero-order chi connectivity index (χ0) is 17.7. The number of hydrogen-bond donors (Lipinski definition) is 4. The number of hydrogen-bond acceptors (Lipinski definition) is 6. The maximum atomic E-state index is 12.0. The number of anilines is 2. The molecule has 1 atom stereocenters. The highest BCUT2D eigenvalue weighted by molar-refractivity contribution is 7.80. The fraction of sp³-hybridized carbons (Fsp3) is 0.250. The van der Waals surface area contributed by atoms with Crippen LogP contribution in [0.5, 0.6) is 0 Å². The van der Waals surface area contributed by atoms with Gasteiger partial charge in [0.15, 0.2) is 0 Å². The van der Waals surface area contributed by atoms with E-state index in [9.17, 15) is 9.59 Å². The predicted molar refractivity (Wildman–Crippen MR) is 94.0 cm³/mol. The van der Waals surface area contributed by atoms with E-state index < -0.39 is 17.9 Å². The minimum atomic E-state index is -1.12. The summed E-state index contributed by atoms with van der Waals surface area (Å²) >= 11 is 3.91. The Kier molecular flexibility index (Phi) is 5.75. The molecular formula is C16H18N4O3S. The number of carboxylic acids is 1. The number of carbonyl (C=O) groups excluding carboxylic acids is 1. The van der Waals surface area contributed by atoms with Crippen molar-refractivity contribution in [2.75, 3.05) is 11.1 Å². The molecule has 0 saturated heterocycles. The van der Waals surface area contributed by atoms with Gasteiger partial charge < -0.3 is 15.7 Å². The molecule has 0 aliphatic rings. The second-order valence-electron chi connectivity index (χ2n) is 5.22. The number of nitrogens with one attached hydrogen (secondary N) is 2. The molecule has 0 spiro atoms. The molecule has 1 amide bonds. The molecule has 2 rings (SSSR count). The van der Waals surface area contributed by atoms with E-state index in [-0.39, 0.29) is 5.75 Å². The number of benzene rings is 1. The third kappa shape index (κ3) is 4.69. The molecule has 3 N–H and O–H groups in total. The lowest BCUT2D eigenvalue weighted by atomic mass is 10.2. The summed E-state index contributed by atoms with van der Waals surface area (Å²) in [7, 11) is 0. The van der Waals surface area contributed by atoms with Crippen LogP contribution in [0.2, 0.25) is 0 Å². The maximum absolute atomic E-state index is 12.0. The first-order valence-electron chi connectivity index (χ1n) is 7.23. The van der Waals surface area contributed by atoms with Gasteiger partial charge in [-0.05, 0) is 44.2 Å². The Morgan fingerprint density at radius 2 is 1.75 bits per heavy atom. The van der Waals surface area contributed by atoms with E-state index >= 15 is 0 Å². The van der Waals surface area contributed by atoms with E-state index in [1.807, 2.05) is 19.9 Å². The van der Waals surface area contributed by atoms with Gasteiger partial charge >= 0.3 is 5.97 Å². The quantitative estimate of drug-likeness (QED) is 0.596. The van der Waals surface area contributed by atoms with Gasteiger partial charge in [-0.2, -0.15) is 12.6 Å². The van der Waals surface area contributed by atoms with Crippen molar-refractivity contribution >= 4 is 36.1 Å². The van der Waals surface area contributed by atoms with Gasteiger partial charge in [0.25, 0.3) is 5.91 Å². The zero-order valence-corrected chi connectivity index (χ0v) is 14.2. The van der Waals surface area contributed by atoms with E-state index in [4.69, 9.17) is 5.11 Å². The van der Waals surface area contributed by atoms with Gasteiger partial charge in [-0.3, -0.25) is 4.79 Å². The number of aliphatic carboxylic acids is 1. The molecule has 0 aliphatic heterocycles. The van der Waals surface area contributed by atoms with E-state index in [0.717, 1.165) is 17.1 Å². The Morgan fingerprint density at radius 1 is 1.17 bits per heavy atom. The maximum Gasteiger partial charge on any atom is 0.327 e. The summed E-state index contributed by atoms with van der Waals surface area (Å²) in [4.78, 5) is 31.5. The van der Waals surface area contributed by atoms with Crippen LogP contribution in [-0.4, -0.2) is 38.7 Å². The third-order valence-corrected chi connectivity index (χ3v) is 3.54. The Bertz CT molecular complexity index is 729. The Morgan fingerprint density at radius 3 is 2.25 bits per heavy atom. The first kappa shape index (κ1) is 17.7. The number of amides is 1. The van der Waals surface area contributed by atoms with Crippen molar-refractivity contribution in [1.29, 1.82) is 0 Å². The molecule has 1 aromatic carbocycles. The molecule has 0 radical (unpaired) electrons. The molecule has 126 valence electrons. The van der Waals surface area contributed by atoms with Crippen molar-refractivity contribution in [2.24, 2.45) is 0 Å². The van der Waals surface area contributed by atoms with Crippen LogP contribution in [0.15, 0.2) is 30.3 Å². The van der Waals surface area contributed by atoms with Gasteiger partial charge in [0.1, 0.15) is 6.04 Å². The van der Waals surface area contributed by atoms with Gasteiger partial charge in [0, 0.05) is 28.4 Å². The van der Waals surface area contributed by atoms with Gasteiger partial charge in [0.05, 0.1) is 0 Å². The monoisotopic (exact) mass is 346 g/mol. The molecule has 2 aromatic rings. The lowest BCUT2D eigenvalue weighted by Crippen LogP contribution is -2.42. The molecule has 1 aromatic heterocycles. The smallest absolute Gasteiger partial charge is 0.327 e. The Labute approximate surface area is 144 Å². The van der Waals surface area contributed by atoms with Crippen LogP contribution in [0.25, 0.3) is 0 Å². The van der Waals surface area contributed by atoms with Crippen LogP contribution in [0.1, 0.15) is 21.7 Å². The largest absolute Gasteiger partial charge is 0.480 e. The number of carbonyl (C=O) groups is 2. The molecule has 24 heavy (non-hydrogen) atoms. The van der Waals surface area contributed by atoms with Crippen molar-refractivity contribution in [3.8, 4) is 0 Å². The summed E-state index contributed by atoms with van der Waals surface area (Å²) in [5.41, 5.74) is 2.79. The van der Waals surface area contributed by atoms with Gasteiger partial charge in [-0.1, -0.05) is 0 Å². The molecule has 8 heteroatoms. The minimum absolute atomic E-state index is 0.0186. The van der Waals surface area contributed by atoms with Crippen molar-refractivity contribution in [2.45, 2.75) is 19.9 Å². The fourth-order valence-corrected chi connectivity index (χ4v) is 2.29. The van der Waals surface area contributed by atoms with Gasteiger partial charge in [-0.15, -0.1) is 0 Å². The van der Waals surface area contributed by atoms with Crippen LogP contribution in [-0.2, 0) is 4.79 Å². The van der Waals surface area contributed by atoms with Crippen molar-refractivity contribution in [3.05, 3.63) is 47.3 Å². The molecule has 1 heterocycles. The van der Waals surface area contributed by atoms with Crippen LogP contribution in [0.3, 0.4) is 0 Å². The van der Waals surface area contributed by atoms with Crippen molar-refractivity contribution < 1.29 is 14.7 Å². The number of aryl methyl sites for hydroxylation is 2. The molecule has 0 bridgehead atoms. The van der Waals surface area contributed by atoms with Crippen LogP contribution in [0, 0.1) is 13.8 Å². The van der Waals surface area contributed by atoms with E-state index in [1.165, 1.54) is 0 Å². The molecule has 0 aliphatic carbocycles. The average molecular weight is 346 g/mol. The van der Waals surface area contributed by atoms with Crippen molar-refractivity contribution in [3.63, 3.8) is 0 Å². The number of aromatic nitrogens is 2. The SMILES string of the molecule is Cc1cc(C)nc(Nc2ccc(C(=O)NC(CS)C(=O)O)cc2)n1. The second-order valence-corrected chi connectivity index (χ2v) is 5.59. The standard InChI is InChI=1S/C16H18N4O3S/c1-9-7-10(2)18-16(17-9)19-12-5-3-11(4-6-12)14(21)20-13(8-24)15(22)23/h3-7,13,24H,8H2,1-2H3,(H,20,21)(H,22,23)(H,17,18,19). The predicted octanol–water partition coefficient (Wildman–Crippen LogP) is 1.95. The second kappa shape index (κ2) is 7.78. The first-order chi connectivity index (χ1) is 11.4. The lowest BCUT2D eigenvalue weighted by molar-refractivity contribution is -0.138. The number of thiol groups is 1. The summed E-state index contributed by atoms with van der Waals surface area (Å²) in [6, 6.07) is 7.44. The number of nitrogens with zero attached hydrogens (tertiary/aromatic N) is 2. The van der Waals surface area contributed by atoms with Crippen LogP contribution < -0.4 is 10.6 Å². The van der Waals surface area contributed by atoms with Crippen molar-refractivity contribution in [1.82, 2.24) is 15.3 Å². The molecule has 0 fully saturated rings. The Balaban J connectivity index is 2.07. The van der Waals surface area contributed by atoms with E-state index in [1.54, 1.807) is 24.3 Å². The van der Waals surface area contributed by atoms with Gasteiger partial charge in [0.2, 0.25) is 5.95 Å². The summed E-state index contributed by atoms with van der Waals surface area (Å²) in [5.74, 6) is -1.09. The summed E-state index contributed by atoms with van der Waals surface area (Å²) < 4.78 is 0. The molecule has 1 unspecified atom stereocenters. The zero-order valence-electron chi connectivity index (χ0n) is 13.3. The summed E-state index contributed by atoms with van der Waals surface area (Å²) in [6.45, 7) is 3.77. The highest BCUT2D eigenvalue weighted by atomic mass is 32.1. The van der Waals surface area contributed by atoms with Crippen LogP contribution in [0.4, 0.5) is 11.6 Å². The molecule has 0 saturated carbocycles. The topological polar surface area (TPSA) is 104 Å².